The molecule has 226 valence electrons. The monoisotopic (exact) mass is 611 g/mol. The molecule has 2 aromatic heterocycles. The van der Waals surface area contributed by atoms with Gasteiger partial charge in [0.25, 0.3) is 5.91 Å². The number of aliphatic hydroxyl groups excluding tert-OH is 1. The summed E-state index contributed by atoms with van der Waals surface area (Å²) in [6.45, 7) is 5.98. The van der Waals surface area contributed by atoms with Gasteiger partial charge in [-0.1, -0.05) is 54.6 Å². The summed E-state index contributed by atoms with van der Waals surface area (Å²) in [6, 6.07) is 25.2. The third kappa shape index (κ3) is 5.83. The van der Waals surface area contributed by atoms with Gasteiger partial charge in [-0.3, -0.25) is 4.79 Å². The van der Waals surface area contributed by atoms with E-state index in [4.69, 9.17) is 9.40 Å². The van der Waals surface area contributed by atoms with Gasteiger partial charge >= 0.3 is 0 Å². The van der Waals surface area contributed by atoms with Crippen molar-refractivity contribution in [1.82, 2.24) is 14.6 Å². The number of pyridine rings is 1. The van der Waals surface area contributed by atoms with Gasteiger partial charge in [0.05, 0.1) is 16.5 Å². The summed E-state index contributed by atoms with van der Waals surface area (Å²) in [4.78, 5) is 18.3. The smallest absolute Gasteiger partial charge is 0.270 e. The van der Waals surface area contributed by atoms with Crippen LogP contribution < -0.4 is 5.32 Å². The molecule has 0 aliphatic carbocycles. The van der Waals surface area contributed by atoms with Crippen LogP contribution in [0.3, 0.4) is 0 Å². The van der Waals surface area contributed by atoms with Gasteiger partial charge in [0.15, 0.2) is 0 Å². The number of carbonyl (C=O) groups excluding carboxylic acids is 1. The normalized spacial score (nSPS) is 15.8. The minimum Gasteiger partial charge on any atom is -0.456 e. The molecule has 2 N–H and O–H groups in total. The van der Waals surface area contributed by atoms with Gasteiger partial charge < -0.3 is 14.8 Å². The predicted octanol–water partition coefficient (Wildman–Crippen LogP) is 6.93. The molecule has 44 heavy (non-hydrogen) atoms. The zero-order valence-electron chi connectivity index (χ0n) is 24.8. The van der Waals surface area contributed by atoms with E-state index in [0.717, 1.165) is 33.2 Å². The van der Waals surface area contributed by atoms with E-state index in [2.05, 4.69) is 5.32 Å². The number of nitrogens with zero attached hydrogens (tertiary/aromatic N) is 2. The Morgan fingerprint density at radius 1 is 1.05 bits per heavy atom. The summed E-state index contributed by atoms with van der Waals surface area (Å²) in [5, 5.41) is 13.9. The van der Waals surface area contributed by atoms with Gasteiger partial charge in [-0.15, -0.1) is 0 Å². The van der Waals surface area contributed by atoms with E-state index in [1.54, 1.807) is 24.3 Å². The van der Waals surface area contributed by atoms with Crippen LogP contribution in [0, 0.1) is 5.82 Å². The molecule has 0 saturated heterocycles. The van der Waals surface area contributed by atoms with Crippen molar-refractivity contribution in [2.45, 2.75) is 51.1 Å². The largest absolute Gasteiger partial charge is 0.456 e. The minimum atomic E-state index is -1.39. The Kier molecular flexibility index (Phi) is 8.20. The highest BCUT2D eigenvalue weighted by atomic mass is 32.2. The zero-order chi connectivity index (χ0) is 31.0. The van der Waals surface area contributed by atoms with Crippen LogP contribution in [0.2, 0.25) is 0 Å². The van der Waals surface area contributed by atoms with Crippen molar-refractivity contribution in [3.63, 3.8) is 0 Å². The number of furan rings is 1. The molecule has 0 unspecified atom stereocenters. The molecular weight excluding hydrogens is 577 g/mol. The molecule has 0 radical (unpaired) electrons. The van der Waals surface area contributed by atoms with Crippen molar-refractivity contribution >= 4 is 27.9 Å². The van der Waals surface area contributed by atoms with E-state index in [-0.39, 0.29) is 24.9 Å². The minimum absolute atomic E-state index is 0.00838. The first kappa shape index (κ1) is 29.9. The summed E-state index contributed by atoms with van der Waals surface area (Å²) in [7, 11) is -1.39. The fourth-order valence-corrected chi connectivity index (χ4v) is 7.06. The lowest BCUT2D eigenvalue weighted by Gasteiger charge is -2.30. The summed E-state index contributed by atoms with van der Waals surface area (Å²) >= 11 is 0. The molecule has 0 saturated carbocycles. The second kappa shape index (κ2) is 12.1. The van der Waals surface area contributed by atoms with Crippen LogP contribution in [0.4, 0.5) is 4.39 Å². The highest BCUT2D eigenvalue weighted by Crippen LogP contribution is 2.44. The van der Waals surface area contributed by atoms with E-state index in [1.807, 2.05) is 79.7 Å². The first-order valence-electron chi connectivity index (χ1n) is 14.6. The molecule has 0 fully saturated rings. The lowest BCUT2D eigenvalue weighted by molar-refractivity contribution is 0.0945. The van der Waals surface area contributed by atoms with Gasteiger partial charge in [0.1, 0.15) is 33.8 Å². The average Bonchev–Trinajstić information content (AvgIpc) is 3.61. The number of rotatable bonds is 8. The maximum absolute atomic E-state index is 14.3. The Morgan fingerprint density at radius 3 is 2.55 bits per heavy atom. The van der Waals surface area contributed by atoms with Crippen LogP contribution in [0.5, 0.6) is 0 Å². The summed E-state index contributed by atoms with van der Waals surface area (Å²) in [5.74, 6) is -0.143. The summed E-state index contributed by atoms with van der Waals surface area (Å²) in [6.07, 6.45) is 0.353. The number of carbonyl (C=O) groups is 1. The number of halogens is 1. The van der Waals surface area contributed by atoms with Crippen molar-refractivity contribution in [2.75, 3.05) is 6.61 Å². The van der Waals surface area contributed by atoms with E-state index in [1.165, 1.54) is 6.07 Å². The van der Waals surface area contributed by atoms with E-state index < -0.39 is 27.5 Å². The van der Waals surface area contributed by atoms with Crippen LogP contribution in [-0.2, 0) is 24.1 Å². The predicted molar refractivity (Wildman–Crippen MR) is 170 cm³/mol. The molecule has 7 nitrogen and oxygen atoms in total. The van der Waals surface area contributed by atoms with Gasteiger partial charge in [0, 0.05) is 47.3 Å². The quantitative estimate of drug-likeness (QED) is 0.198. The SMILES string of the molecule is CC(C)(C)[S@@](=O)N1Cc2cc(C(=O)NCc3ccccc3F)nc(-c3cccc(-c4cc5ccccc5o4)c3)c2[C@H]1CCO. The van der Waals surface area contributed by atoms with E-state index >= 15 is 0 Å². The maximum atomic E-state index is 14.3. The number of aromatic nitrogens is 1. The van der Waals surface area contributed by atoms with Gasteiger partial charge in [0.2, 0.25) is 0 Å². The summed E-state index contributed by atoms with van der Waals surface area (Å²) in [5.41, 5.74) is 5.16. The van der Waals surface area contributed by atoms with Gasteiger partial charge in [-0.25, -0.2) is 17.9 Å². The topological polar surface area (TPSA) is 95.7 Å². The first-order valence-corrected chi connectivity index (χ1v) is 15.7. The fraction of sp³-hybridized carbons (Fsp3) is 0.257. The highest BCUT2D eigenvalue weighted by Gasteiger charge is 2.40. The molecule has 2 atom stereocenters. The molecule has 1 amide bonds. The molecule has 0 bridgehead atoms. The Bertz CT molecular complexity index is 1850. The Balaban J connectivity index is 1.45. The van der Waals surface area contributed by atoms with Crippen LogP contribution in [0.25, 0.3) is 33.6 Å². The van der Waals surface area contributed by atoms with Crippen LogP contribution in [-0.4, -0.2) is 35.9 Å². The lowest BCUT2D eigenvalue weighted by atomic mass is 9.95. The van der Waals surface area contributed by atoms with E-state index in [9.17, 15) is 18.5 Å². The van der Waals surface area contributed by atoms with Crippen molar-refractivity contribution < 1.29 is 22.9 Å². The van der Waals surface area contributed by atoms with Gasteiger partial charge in [-0.05, 0) is 63.1 Å². The zero-order valence-corrected chi connectivity index (χ0v) is 25.7. The Labute approximate surface area is 258 Å². The molecule has 5 aromatic rings. The van der Waals surface area contributed by atoms with E-state index in [0.29, 0.717) is 30.0 Å². The van der Waals surface area contributed by atoms with Crippen LogP contribution in [0.15, 0.2) is 89.3 Å². The van der Waals surface area contributed by atoms with Crippen molar-refractivity contribution in [3.8, 4) is 22.6 Å². The number of para-hydroxylation sites is 1. The molecular formula is C35H34FN3O4S. The van der Waals surface area contributed by atoms with Crippen LogP contribution in [0.1, 0.15) is 60.4 Å². The highest BCUT2D eigenvalue weighted by molar-refractivity contribution is 7.84. The van der Waals surface area contributed by atoms with Crippen molar-refractivity contribution in [3.05, 3.63) is 113 Å². The van der Waals surface area contributed by atoms with Gasteiger partial charge in [-0.2, -0.15) is 0 Å². The third-order valence-corrected chi connectivity index (χ3v) is 9.62. The van der Waals surface area contributed by atoms with Crippen molar-refractivity contribution in [2.24, 2.45) is 0 Å². The number of fused-ring (bicyclic) bond motifs is 2. The first-order chi connectivity index (χ1) is 21.1. The molecule has 3 aromatic carbocycles. The van der Waals surface area contributed by atoms with Crippen LogP contribution >= 0.6 is 0 Å². The molecule has 0 spiro atoms. The second-order valence-electron chi connectivity index (χ2n) is 11.9. The van der Waals surface area contributed by atoms with Crippen molar-refractivity contribution in [1.29, 1.82) is 0 Å². The second-order valence-corrected chi connectivity index (χ2v) is 14.1. The number of hydrogen-bond acceptors (Lipinski definition) is 5. The third-order valence-electron chi connectivity index (χ3n) is 7.77. The number of nitrogens with one attached hydrogen (secondary N) is 1. The summed E-state index contributed by atoms with van der Waals surface area (Å²) < 4.78 is 35.4. The molecule has 1 aliphatic heterocycles. The number of aliphatic hydroxyl groups is 1. The molecule has 9 heteroatoms. The number of hydrogen-bond donors (Lipinski definition) is 2. The number of amides is 1. The standard InChI is InChI=1S/C35H34FN3O4S/c1-35(2,3)44(42)39-21-26-18-28(34(41)37-20-25-10-4-6-13-27(25)36)38-33(32(26)29(39)15-16-40)24-12-8-11-22(17-24)31-19-23-9-5-7-14-30(23)43-31/h4-14,17-19,29,40H,15-16,20-21H2,1-3H3,(H,37,41)/t29-,44-/m1/s1. The fourth-order valence-electron chi connectivity index (χ4n) is 5.66. The Morgan fingerprint density at radius 2 is 1.80 bits per heavy atom. The Hall–Kier alpha value is -4.18. The molecule has 3 heterocycles. The molecule has 6 rings (SSSR count). The average molecular weight is 612 g/mol. The maximum Gasteiger partial charge on any atom is 0.270 e. The molecule has 1 aliphatic rings. The lowest BCUT2D eigenvalue weighted by Crippen LogP contribution is -2.36. The number of benzene rings is 3.